The number of carbonyl (C=O) groups excluding carboxylic acids is 2. The fourth-order valence-electron chi connectivity index (χ4n) is 3.29. The van der Waals surface area contributed by atoms with Crippen molar-refractivity contribution in [2.24, 2.45) is 0 Å². The van der Waals surface area contributed by atoms with E-state index in [9.17, 15) is 9.59 Å². The number of nitrogens with one attached hydrogen (secondary N) is 3. The molecule has 0 aliphatic rings. The Morgan fingerprint density at radius 2 is 1.74 bits per heavy atom. The number of alkyl carbamates (subject to hydrolysis) is 1. The lowest BCUT2D eigenvalue weighted by molar-refractivity contribution is -0.118. The number of aromatic amines is 1. The molecule has 2 aromatic heterocycles. The van der Waals surface area contributed by atoms with Gasteiger partial charge in [-0.25, -0.2) is 9.78 Å². The number of fused-ring (bicyclic) bond motifs is 1. The van der Waals surface area contributed by atoms with Gasteiger partial charge in [0, 0.05) is 29.7 Å². The molecule has 4 rings (SSSR count). The van der Waals surface area contributed by atoms with E-state index in [1.54, 1.807) is 24.4 Å². The number of H-pyrrole nitrogens is 1. The molecule has 2 amide bonds. The Hall–Kier alpha value is -4.13. The van der Waals surface area contributed by atoms with E-state index in [1.807, 2.05) is 60.8 Å². The molecule has 7 nitrogen and oxygen atoms in total. The minimum atomic E-state index is -0.843. The monoisotopic (exact) mass is 414 g/mol. The number of rotatable bonds is 7. The predicted molar refractivity (Wildman–Crippen MR) is 118 cm³/mol. The number of pyridine rings is 1. The maximum atomic E-state index is 13.0. The maximum absolute atomic E-state index is 13.0. The molecular weight excluding hydrogens is 392 g/mol. The van der Waals surface area contributed by atoms with Crippen molar-refractivity contribution < 1.29 is 14.3 Å². The van der Waals surface area contributed by atoms with Gasteiger partial charge in [0.25, 0.3) is 0 Å². The zero-order chi connectivity index (χ0) is 21.5. The van der Waals surface area contributed by atoms with Crippen molar-refractivity contribution in [1.82, 2.24) is 15.3 Å². The molecule has 4 aromatic rings. The van der Waals surface area contributed by atoms with Crippen LogP contribution in [0.25, 0.3) is 10.9 Å². The summed E-state index contributed by atoms with van der Waals surface area (Å²) in [7, 11) is 0. The van der Waals surface area contributed by atoms with Crippen molar-refractivity contribution in [3.8, 4) is 0 Å². The lowest BCUT2D eigenvalue weighted by Gasteiger charge is -2.18. The average molecular weight is 414 g/mol. The Morgan fingerprint density at radius 3 is 2.55 bits per heavy atom. The molecule has 0 aliphatic carbocycles. The fraction of sp³-hybridized carbons (Fsp3) is 0.125. The van der Waals surface area contributed by atoms with Crippen molar-refractivity contribution in [2.45, 2.75) is 19.1 Å². The standard InChI is InChI=1S/C24H22N4O3/c29-23(28-22-12-6-7-13-25-22)21(14-18-15-26-20-11-5-4-10-19(18)20)27-24(30)31-16-17-8-2-1-3-9-17/h1-13,15,21,26H,14,16H2,(H,27,30)(H,25,28,29)/t21-/m0/s1. The zero-order valence-electron chi connectivity index (χ0n) is 16.7. The first-order valence-electron chi connectivity index (χ1n) is 9.93. The first-order valence-corrected chi connectivity index (χ1v) is 9.93. The normalized spacial score (nSPS) is 11.6. The molecule has 156 valence electrons. The van der Waals surface area contributed by atoms with Crippen molar-refractivity contribution in [1.29, 1.82) is 0 Å². The number of aromatic nitrogens is 2. The summed E-state index contributed by atoms with van der Waals surface area (Å²) < 4.78 is 5.31. The SMILES string of the molecule is O=C(N[C@@H](Cc1c[nH]c2ccccc12)C(=O)Nc1ccccn1)OCc1ccccc1. The molecule has 3 N–H and O–H groups in total. The summed E-state index contributed by atoms with van der Waals surface area (Å²) in [5, 5.41) is 6.44. The van der Waals surface area contributed by atoms with Crippen molar-refractivity contribution >= 4 is 28.7 Å². The van der Waals surface area contributed by atoms with E-state index in [0.29, 0.717) is 12.2 Å². The molecule has 7 heteroatoms. The van der Waals surface area contributed by atoms with E-state index in [2.05, 4.69) is 20.6 Å². The number of anilines is 1. The molecule has 0 saturated heterocycles. The molecular formula is C24H22N4O3. The second-order valence-electron chi connectivity index (χ2n) is 7.03. The number of hydrogen-bond acceptors (Lipinski definition) is 4. The summed E-state index contributed by atoms with van der Waals surface area (Å²) in [5.74, 6) is 0.0384. The number of ether oxygens (including phenoxy) is 1. The van der Waals surface area contributed by atoms with Gasteiger partial charge in [-0.05, 0) is 29.3 Å². The number of benzene rings is 2. The van der Waals surface area contributed by atoms with Gasteiger partial charge in [-0.2, -0.15) is 0 Å². The molecule has 31 heavy (non-hydrogen) atoms. The van der Waals surface area contributed by atoms with E-state index in [1.165, 1.54) is 0 Å². The fourth-order valence-corrected chi connectivity index (χ4v) is 3.29. The molecule has 2 heterocycles. The second-order valence-corrected chi connectivity index (χ2v) is 7.03. The van der Waals surface area contributed by atoms with Gasteiger partial charge in [0.1, 0.15) is 18.5 Å². The summed E-state index contributed by atoms with van der Waals surface area (Å²) in [6.07, 6.45) is 3.07. The summed E-state index contributed by atoms with van der Waals surface area (Å²) in [6, 6.07) is 21.6. The van der Waals surface area contributed by atoms with Gasteiger partial charge in [-0.3, -0.25) is 4.79 Å². The van der Waals surface area contributed by atoms with Crippen LogP contribution in [0.2, 0.25) is 0 Å². The van der Waals surface area contributed by atoms with Crippen LogP contribution in [0.15, 0.2) is 85.2 Å². The van der Waals surface area contributed by atoms with Crippen LogP contribution >= 0.6 is 0 Å². The van der Waals surface area contributed by atoms with Crippen molar-refractivity contribution in [3.63, 3.8) is 0 Å². The van der Waals surface area contributed by atoms with Gasteiger partial charge in [-0.1, -0.05) is 54.6 Å². The smallest absolute Gasteiger partial charge is 0.408 e. The van der Waals surface area contributed by atoms with Crippen LogP contribution in [0.3, 0.4) is 0 Å². The first-order chi connectivity index (χ1) is 15.2. The third-order valence-corrected chi connectivity index (χ3v) is 4.84. The molecule has 0 spiro atoms. The number of carbonyl (C=O) groups is 2. The van der Waals surface area contributed by atoms with Gasteiger partial charge < -0.3 is 20.4 Å². The first kappa shape index (κ1) is 20.2. The maximum Gasteiger partial charge on any atom is 0.408 e. The van der Waals surface area contributed by atoms with Crippen LogP contribution < -0.4 is 10.6 Å². The minimum absolute atomic E-state index is 0.119. The van der Waals surface area contributed by atoms with Gasteiger partial charge in [-0.15, -0.1) is 0 Å². The Morgan fingerprint density at radius 1 is 0.968 bits per heavy atom. The highest BCUT2D eigenvalue weighted by Crippen LogP contribution is 2.19. The lowest BCUT2D eigenvalue weighted by Crippen LogP contribution is -2.45. The van der Waals surface area contributed by atoms with E-state index in [0.717, 1.165) is 22.0 Å². The van der Waals surface area contributed by atoms with Crippen molar-refractivity contribution in [2.75, 3.05) is 5.32 Å². The molecule has 0 unspecified atom stereocenters. The average Bonchev–Trinajstić information content (AvgIpc) is 3.21. The number of para-hydroxylation sites is 1. The van der Waals surface area contributed by atoms with Gasteiger partial charge >= 0.3 is 6.09 Å². The molecule has 0 saturated carbocycles. The van der Waals surface area contributed by atoms with Gasteiger partial charge in [0.2, 0.25) is 5.91 Å². The van der Waals surface area contributed by atoms with Crippen LogP contribution in [0.1, 0.15) is 11.1 Å². The van der Waals surface area contributed by atoms with Crippen LogP contribution in [0.4, 0.5) is 10.6 Å². The summed E-state index contributed by atoms with van der Waals surface area (Å²) in [5.41, 5.74) is 2.75. The Labute approximate surface area is 179 Å². The second kappa shape index (κ2) is 9.58. The Kier molecular flexibility index (Phi) is 6.23. The van der Waals surface area contributed by atoms with Crippen molar-refractivity contribution in [3.05, 3.63) is 96.3 Å². The van der Waals surface area contributed by atoms with Crippen LogP contribution in [-0.2, 0) is 22.6 Å². The topological polar surface area (TPSA) is 96.1 Å². The summed E-state index contributed by atoms with van der Waals surface area (Å²) >= 11 is 0. The van der Waals surface area contributed by atoms with Crippen LogP contribution in [0.5, 0.6) is 0 Å². The minimum Gasteiger partial charge on any atom is -0.445 e. The molecule has 0 aliphatic heterocycles. The van der Waals surface area contributed by atoms with Gasteiger partial charge in [0.05, 0.1) is 0 Å². The number of hydrogen-bond donors (Lipinski definition) is 3. The lowest BCUT2D eigenvalue weighted by atomic mass is 10.0. The van der Waals surface area contributed by atoms with E-state index >= 15 is 0 Å². The molecule has 0 fully saturated rings. The third-order valence-electron chi connectivity index (χ3n) is 4.84. The largest absolute Gasteiger partial charge is 0.445 e. The van der Waals surface area contributed by atoms with Gasteiger partial charge in [0.15, 0.2) is 0 Å². The summed E-state index contributed by atoms with van der Waals surface area (Å²) in [6.45, 7) is 0.119. The zero-order valence-corrected chi connectivity index (χ0v) is 16.7. The molecule has 0 bridgehead atoms. The predicted octanol–water partition coefficient (Wildman–Crippen LogP) is 4.04. The van der Waals surface area contributed by atoms with Crippen LogP contribution in [0, 0.1) is 0 Å². The highest BCUT2D eigenvalue weighted by Gasteiger charge is 2.24. The van der Waals surface area contributed by atoms with E-state index < -0.39 is 12.1 Å². The highest BCUT2D eigenvalue weighted by atomic mass is 16.5. The summed E-state index contributed by atoms with van der Waals surface area (Å²) in [4.78, 5) is 32.7. The highest BCUT2D eigenvalue weighted by molar-refractivity contribution is 5.96. The number of amides is 2. The molecule has 2 aromatic carbocycles. The molecule has 0 radical (unpaired) electrons. The van der Waals surface area contributed by atoms with Crippen LogP contribution in [-0.4, -0.2) is 28.0 Å². The third kappa shape index (κ3) is 5.27. The molecule has 1 atom stereocenters. The van der Waals surface area contributed by atoms with E-state index in [-0.39, 0.29) is 12.5 Å². The Balaban J connectivity index is 1.48. The quantitative estimate of drug-likeness (QED) is 0.425. The Bertz CT molecular complexity index is 1160. The number of nitrogens with zero attached hydrogens (tertiary/aromatic N) is 1. The van der Waals surface area contributed by atoms with E-state index in [4.69, 9.17) is 4.74 Å².